The zero-order valence-electron chi connectivity index (χ0n) is 19.0. The number of methoxy groups -OCH3 is 2. The molecule has 29 heavy (non-hydrogen) atoms. The van der Waals surface area contributed by atoms with Gasteiger partial charge in [0.25, 0.3) is 0 Å². The number of benzene rings is 1. The fourth-order valence-electron chi connectivity index (χ4n) is 4.71. The lowest BCUT2D eigenvalue weighted by atomic mass is 9.57. The van der Waals surface area contributed by atoms with Gasteiger partial charge >= 0.3 is 0 Å². The molecule has 2 N–H and O–H groups in total. The van der Waals surface area contributed by atoms with E-state index in [9.17, 15) is 0 Å². The van der Waals surface area contributed by atoms with Crippen molar-refractivity contribution in [3.63, 3.8) is 0 Å². The molecular formula is C23H37N3O3. The van der Waals surface area contributed by atoms with Gasteiger partial charge in [0.1, 0.15) is 0 Å². The number of hydrogen-bond donors (Lipinski definition) is 2. The second-order valence-corrected chi connectivity index (χ2v) is 9.34. The van der Waals surface area contributed by atoms with Gasteiger partial charge in [0, 0.05) is 35.9 Å². The third-order valence-electron chi connectivity index (χ3n) is 6.53. The maximum atomic E-state index is 5.93. The average molecular weight is 404 g/mol. The van der Waals surface area contributed by atoms with E-state index in [0.717, 1.165) is 37.0 Å². The van der Waals surface area contributed by atoms with Crippen molar-refractivity contribution in [2.75, 3.05) is 33.9 Å². The molecule has 1 heterocycles. The van der Waals surface area contributed by atoms with E-state index in [1.54, 1.807) is 14.2 Å². The number of guanidine groups is 1. The predicted molar refractivity (Wildman–Crippen MR) is 117 cm³/mol. The van der Waals surface area contributed by atoms with Crippen LogP contribution >= 0.6 is 0 Å². The van der Waals surface area contributed by atoms with E-state index in [-0.39, 0.29) is 10.8 Å². The van der Waals surface area contributed by atoms with Crippen LogP contribution in [0.1, 0.15) is 46.6 Å². The van der Waals surface area contributed by atoms with Gasteiger partial charge in [0.2, 0.25) is 0 Å². The minimum atomic E-state index is -0.143. The van der Waals surface area contributed by atoms with Crippen molar-refractivity contribution >= 4 is 5.96 Å². The third kappa shape index (κ3) is 4.18. The highest BCUT2D eigenvalue weighted by Gasteiger charge is 2.59. The first-order valence-electron chi connectivity index (χ1n) is 10.6. The SMILES string of the molecule is CCNC(=NCC(C)(C)c1ccc(OC)c(OC)c1)NC1C2CCOC2C1(C)C. The summed E-state index contributed by atoms with van der Waals surface area (Å²) in [5.41, 5.74) is 1.15. The lowest BCUT2D eigenvalue weighted by Crippen LogP contribution is -2.68. The maximum absolute atomic E-state index is 5.93. The topological polar surface area (TPSA) is 64.1 Å². The molecule has 2 fully saturated rings. The van der Waals surface area contributed by atoms with Gasteiger partial charge in [-0.1, -0.05) is 33.8 Å². The average Bonchev–Trinajstić information content (AvgIpc) is 3.16. The number of rotatable bonds is 7. The molecule has 6 heteroatoms. The van der Waals surface area contributed by atoms with Crippen molar-refractivity contribution in [1.29, 1.82) is 0 Å². The summed E-state index contributed by atoms with van der Waals surface area (Å²) in [4.78, 5) is 4.94. The quantitative estimate of drug-likeness (QED) is 0.540. The Labute approximate surface area is 175 Å². The van der Waals surface area contributed by atoms with Crippen LogP contribution in [0.2, 0.25) is 0 Å². The van der Waals surface area contributed by atoms with Crippen LogP contribution in [0.5, 0.6) is 11.5 Å². The van der Waals surface area contributed by atoms with E-state index in [0.29, 0.717) is 24.6 Å². The summed E-state index contributed by atoms with van der Waals surface area (Å²) in [6.07, 6.45) is 1.49. The van der Waals surface area contributed by atoms with Crippen molar-refractivity contribution in [2.24, 2.45) is 16.3 Å². The van der Waals surface area contributed by atoms with Crippen molar-refractivity contribution in [3.8, 4) is 11.5 Å². The summed E-state index contributed by atoms with van der Waals surface area (Å²) < 4.78 is 16.8. The molecule has 1 aromatic rings. The second kappa shape index (κ2) is 8.42. The van der Waals surface area contributed by atoms with E-state index >= 15 is 0 Å². The molecule has 0 spiro atoms. The molecule has 1 aromatic carbocycles. The van der Waals surface area contributed by atoms with Gasteiger partial charge in [-0.05, 0) is 31.0 Å². The molecule has 0 amide bonds. The van der Waals surface area contributed by atoms with Crippen molar-refractivity contribution in [2.45, 2.75) is 58.6 Å². The van der Waals surface area contributed by atoms with Crippen LogP contribution in [0.25, 0.3) is 0 Å². The first kappa shape index (κ1) is 21.8. The predicted octanol–water partition coefficient (Wildman–Crippen LogP) is 3.35. The largest absolute Gasteiger partial charge is 0.493 e. The summed E-state index contributed by atoms with van der Waals surface area (Å²) in [5, 5.41) is 7.11. The third-order valence-corrected chi connectivity index (χ3v) is 6.53. The lowest BCUT2D eigenvalue weighted by molar-refractivity contribution is -0.106. The molecule has 1 saturated carbocycles. The number of nitrogens with one attached hydrogen (secondary N) is 2. The van der Waals surface area contributed by atoms with Crippen LogP contribution in [0.4, 0.5) is 0 Å². The van der Waals surface area contributed by atoms with Crippen LogP contribution in [-0.2, 0) is 10.2 Å². The monoisotopic (exact) mass is 403 g/mol. The molecule has 1 saturated heterocycles. The first-order chi connectivity index (χ1) is 13.7. The fourth-order valence-corrected chi connectivity index (χ4v) is 4.71. The first-order valence-corrected chi connectivity index (χ1v) is 10.6. The van der Waals surface area contributed by atoms with Gasteiger partial charge in [-0.25, -0.2) is 0 Å². The Morgan fingerprint density at radius 2 is 1.97 bits per heavy atom. The van der Waals surface area contributed by atoms with Crippen LogP contribution in [-0.4, -0.2) is 52.0 Å². The summed E-state index contributed by atoms with van der Waals surface area (Å²) >= 11 is 0. The Morgan fingerprint density at radius 3 is 2.62 bits per heavy atom. The Kier molecular flexibility index (Phi) is 6.32. The van der Waals surface area contributed by atoms with Gasteiger partial charge in [-0.15, -0.1) is 0 Å². The fraction of sp³-hybridized carbons (Fsp3) is 0.696. The molecule has 1 aliphatic heterocycles. The van der Waals surface area contributed by atoms with Crippen LogP contribution in [0, 0.1) is 11.3 Å². The number of nitrogens with zero attached hydrogens (tertiary/aromatic N) is 1. The van der Waals surface area contributed by atoms with Crippen LogP contribution < -0.4 is 20.1 Å². The highest BCUT2D eigenvalue weighted by molar-refractivity contribution is 5.80. The van der Waals surface area contributed by atoms with Gasteiger partial charge in [-0.2, -0.15) is 0 Å². The van der Waals surface area contributed by atoms with E-state index in [1.807, 2.05) is 12.1 Å². The Morgan fingerprint density at radius 1 is 1.24 bits per heavy atom. The zero-order chi connectivity index (χ0) is 21.2. The van der Waals surface area contributed by atoms with Crippen molar-refractivity contribution in [3.05, 3.63) is 23.8 Å². The Bertz CT molecular complexity index is 745. The normalized spacial score (nSPS) is 25.8. The molecule has 162 valence electrons. The van der Waals surface area contributed by atoms with Gasteiger partial charge in [0.15, 0.2) is 17.5 Å². The van der Waals surface area contributed by atoms with E-state index in [1.165, 1.54) is 5.56 Å². The minimum absolute atomic E-state index is 0.121. The van der Waals surface area contributed by atoms with E-state index < -0.39 is 0 Å². The maximum Gasteiger partial charge on any atom is 0.191 e. The molecular weight excluding hydrogens is 366 g/mol. The van der Waals surface area contributed by atoms with Crippen molar-refractivity contribution in [1.82, 2.24) is 10.6 Å². The van der Waals surface area contributed by atoms with Gasteiger partial charge in [0.05, 0.1) is 26.9 Å². The summed E-state index contributed by atoms with van der Waals surface area (Å²) in [5.74, 6) is 2.94. The molecule has 0 radical (unpaired) electrons. The number of fused-ring (bicyclic) bond motifs is 1. The van der Waals surface area contributed by atoms with E-state index in [2.05, 4.69) is 51.3 Å². The van der Waals surface area contributed by atoms with Crippen molar-refractivity contribution < 1.29 is 14.2 Å². The minimum Gasteiger partial charge on any atom is -0.493 e. The van der Waals surface area contributed by atoms with E-state index in [4.69, 9.17) is 19.2 Å². The molecule has 3 rings (SSSR count). The lowest BCUT2D eigenvalue weighted by Gasteiger charge is -2.55. The Balaban J connectivity index is 1.74. The van der Waals surface area contributed by atoms with Crippen LogP contribution in [0.15, 0.2) is 23.2 Å². The number of hydrogen-bond acceptors (Lipinski definition) is 4. The number of ether oxygens (including phenoxy) is 3. The van der Waals surface area contributed by atoms with Gasteiger partial charge in [-0.3, -0.25) is 4.99 Å². The molecule has 2 aliphatic rings. The molecule has 6 nitrogen and oxygen atoms in total. The molecule has 0 aromatic heterocycles. The second-order valence-electron chi connectivity index (χ2n) is 9.34. The standard InChI is InChI=1S/C23H37N3O3/c1-8-24-21(26-19-16-11-12-29-20(16)23(19,4)5)25-14-22(2,3)15-9-10-17(27-6)18(13-15)28-7/h9-10,13,16,19-20H,8,11-12,14H2,1-7H3,(H2,24,25,26). The molecule has 3 unspecified atom stereocenters. The highest BCUT2D eigenvalue weighted by Crippen LogP contribution is 2.52. The van der Waals surface area contributed by atoms with Crippen LogP contribution in [0.3, 0.4) is 0 Å². The molecule has 1 aliphatic carbocycles. The summed E-state index contributed by atoms with van der Waals surface area (Å²) in [6.45, 7) is 13.4. The molecule has 0 bridgehead atoms. The summed E-state index contributed by atoms with van der Waals surface area (Å²) in [7, 11) is 3.32. The van der Waals surface area contributed by atoms with Gasteiger partial charge < -0.3 is 24.8 Å². The summed E-state index contributed by atoms with van der Waals surface area (Å²) in [6, 6.07) is 6.48. The smallest absolute Gasteiger partial charge is 0.191 e. The number of aliphatic imine (C=N–C) groups is 1. The molecule has 3 atom stereocenters. The Hall–Kier alpha value is -1.95. The zero-order valence-corrected chi connectivity index (χ0v) is 19.0. The highest BCUT2D eigenvalue weighted by atomic mass is 16.5.